The number of primary amides is 2. The molecule has 8 nitrogen and oxygen atoms in total. The van der Waals surface area contributed by atoms with Crippen LogP contribution in [0.1, 0.15) is 49.8 Å². The molecule has 1 aliphatic rings. The van der Waals surface area contributed by atoms with E-state index in [9.17, 15) is 19.5 Å². The minimum absolute atomic E-state index is 0.0336. The Morgan fingerprint density at radius 3 is 2.24 bits per heavy atom. The van der Waals surface area contributed by atoms with Crippen molar-refractivity contribution in [3.8, 4) is 0 Å². The van der Waals surface area contributed by atoms with E-state index in [1.165, 1.54) is 12.2 Å². The van der Waals surface area contributed by atoms with Gasteiger partial charge in [0, 0.05) is 43.2 Å². The largest absolute Gasteiger partial charge is 0.391 e. The third-order valence-electron chi connectivity index (χ3n) is 7.71. The normalized spacial score (nSPS) is 18.1. The minimum atomic E-state index is -1.52. The van der Waals surface area contributed by atoms with E-state index in [4.69, 9.17) is 11.5 Å². The second-order valence-electron chi connectivity index (χ2n) is 11.0. The standard InChI is InChI=1S/C33H44N4O4/c1-4-14-37(15-5-2)31(40)27-18-26(30(34)39)19-33(20-27,32(35)41)28(17-25-13-9-10-23(3)16-25)29(38)22-36-21-24-11-7-6-8-12-24/h6-13,16,18-19,28-29,36,38H,4-5,14-15,17,20-22H2,1-3H3,(H2,34,39)(H2,35,41)/t28-,29+,33?/m1/s1. The summed E-state index contributed by atoms with van der Waals surface area (Å²) in [5.74, 6) is -2.48. The van der Waals surface area contributed by atoms with Crippen molar-refractivity contribution in [1.82, 2.24) is 10.2 Å². The maximum Gasteiger partial charge on any atom is 0.249 e. The Bertz CT molecular complexity index is 1270. The van der Waals surface area contributed by atoms with E-state index < -0.39 is 29.3 Å². The Kier molecular flexibility index (Phi) is 11.4. The molecule has 3 atom stereocenters. The summed E-state index contributed by atoms with van der Waals surface area (Å²) in [5, 5.41) is 15.0. The molecule has 2 aromatic rings. The summed E-state index contributed by atoms with van der Waals surface area (Å²) in [6.07, 6.45) is 3.73. The van der Waals surface area contributed by atoms with Crippen molar-refractivity contribution < 1.29 is 19.5 Å². The maximum atomic E-state index is 13.7. The van der Waals surface area contributed by atoms with Crippen LogP contribution in [0.2, 0.25) is 0 Å². The molecular weight excluding hydrogens is 516 g/mol. The van der Waals surface area contributed by atoms with Crippen molar-refractivity contribution in [2.24, 2.45) is 22.8 Å². The Balaban J connectivity index is 2.04. The second kappa shape index (κ2) is 14.8. The highest BCUT2D eigenvalue weighted by molar-refractivity contribution is 6.03. The van der Waals surface area contributed by atoms with Crippen LogP contribution >= 0.6 is 0 Å². The molecule has 2 aromatic carbocycles. The van der Waals surface area contributed by atoms with Gasteiger partial charge in [0.05, 0.1) is 11.5 Å². The lowest BCUT2D eigenvalue weighted by atomic mass is 9.63. The molecule has 0 spiro atoms. The van der Waals surface area contributed by atoms with E-state index in [-0.39, 0.29) is 24.4 Å². The van der Waals surface area contributed by atoms with Crippen molar-refractivity contribution in [3.05, 3.63) is 94.6 Å². The quantitative estimate of drug-likeness (QED) is 0.265. The summed E-state index contributed by atoms with van der Waals surface area (Å²) in [4.78, 5) is 41.5. The van der Waals surface area contributed by atoms with Crippen LogP contribution in [0.5, 0.6) is 0 Å². The van der Waals surface area contributed by atoms with Crippen molar-refractivity contribution >= 4 is 17.7 Å². The van der Waals surface area contributed by atoms with E-state index in [2.05, 4.69) is 5.32 Å². The molecule has 6 N–H and O–H groups in total. The first-order valence-corrected chi connectivity index (χ1v) is 14.4. The first kappa shape index (κ1) is 31.8. The molecule has 0 heterocycles. The predicted molar refractivity (Wildman–Crippen MR) is 161 cm³/mol. The van der Waals surface area contributed by atoms with Gasteiger partial charge in [-0.05, 0) is 49.8 Å². The number of nitrogens with two attached hydrogens (primary N) is 2. The van der Waals surface area contributed by atoms with Crippen LogP contribution in [0, 0.1) is 18.3 Å². The summed E-state index contributed by atoms with van der Waals surface area (Å²) < 4.78 is 0. The summed E-state index contributed by atoms with van der Waals surface area (Å²) in [6.45, 7) is 7.73. The molecule has 0 saturated heterocycles. The van der Waals surface area contributed by atoms with Crippen LogP contribution in [0.3, 0.4) is 0 Å². The molecule has 0 aliphatic heterocycles. The smallest absolute Gasteiger partial charge is 0.249 e. The van der Waals surface area contributed by atoms with Crippen molar-refractivity contribution in [2.75, 3.05) is 19.6 Å². The van der Waals surface area contributed by atoms with Crippen LogP contribution < -0.4 is 16.8 Å². The Morgan fingerprint density at radius 1 is 1.00 bits per heavy atom. The number of aryl methyl sites for hydroxylation is 1. The molecule has 8 heteroatoms. The number of nitrogens with zero attached hydrogens (tertiary/aromatic N) is 1. The van der Waals surface area contributed by atoms with E-state index in [1.54, 1.807) is 4.90 Å². The number of carbonyl (C=O) groups excluding carboxylic acids is 3. The van der Waals surface area contributed by atoms with Crippen LogP contribution in [0.25, 0.3) is 0 Å². The summed E-state index contributed by atoms with van der Waals surface area (Å²) in [6, 6.07) is 17.6. The lowest BCUT2D eigenvalue weighted by molar-refractivity contribution is -0.132. The van der Waals surface area contributed by atoms with Gasteiger partial charge >= 0.3 is 0 Å². The van der Waals surface area contributed by atoms with E-state index in [0.29, 0.717) is 31.6 Å². The van der Waals surface area contributed by atoms with Crippen LogP contribution in [0.15, 0.2) is 77.9 Å². The van der Waals surface area contributed by atoms with E-state index >= 15 is 0 Å². The third-order valence-corrected chi connectivity index (χ3v) is 7.71. The monoisotopic (exact) mass is 560 g/mol. The van der Waals surface area contributed by atoms with Crippen molar-refractivity contribution in [3.63, 3.8) is 0 Å². The van der Waals surface area contributed by atoms with Gasteiger partial charge in [-0.3, -0.25) is 14.4 Å². The average molecular weight is 561 g/mol. The molecule has 1 aliphatic carbocycles. The summed E-state index contributed by atoms with van der Waals surface area (Å²) >= 11 is 0. The fraction of sp³-hybridized carbons (Fsp3) is 0.424. The van der Waals surface area contributed by atoms with Crippen LogP contribution in [-0.2, 0) is 27.3 Å². The fourth-order valence-electron chi connectivity index (χ4n) is 5.70. The number of aliphatic hydroxyl groups is 1. The second-order valence-corrected chi connectivity index (χ2v) is 11.0. The van der Waals surface area contributed by atoms with E-state index in [0.717, 1.165) is 29.5 Å². The number of rotatable bonds is 15. The van der Waals surface area contributed by atoms with Gasteiger partial charge in [0.2, 0.25) is 17.7 Å². The number of amides is 3. The summed E-state index contributed by atoms with van der Waals surface area (Å²) in [7, 11) is 0. The first-order valence-electron chi connectivity index (χ1n) is 14.4. The number of carbonyl (C=O) groups is 3. The van der Waals surface area contributed by atoms with Gasteiger partial charge in [0.1, 0.15) is 0 Å². The first-order chi connectivity index (χ1) is 19.6. The Labute approximate surface area is 243 Å². The molecule has 3 amide bonds. The van der Waals surface area contributed by atoms with Gasteiger partial charge in [-0.25, -0.2) is 0 Å². The molecule has 220 valence electrons. The highest BCUT2D eigenvalue weighted by atomic mass is 16.3. The highest BCUT2D eigenvalue weighted by Crippen LogP contribution is 2.44. The predicted octanol–water partition coefficient (Wildman–Crippen LogP) is 3.17. The number of aliphatic hydroxyl groups excluding tert-OH is 1. The molecular formula is C33H44N4O4. The zero-order chi connectivity index (χ0) is 30.0. The Hall–Kier alpha value is -3.75. The van der Waals surface area contributed by atoms with Gasteiger partial charge < -0.3 is 26.8 Å². The number of hydrogen-bond acceptors (Lipinski definition) is 5. The molecule has 41 heavy (non-hydrogen) atoms. The van der Waals surface area contributed by atoms with Gasteiger partial charge in [-0.2, -0.15) is 0 Å². The van der Waals surface area contributed by atoms with Crippen molar-refractivity contribution in [1.29, 1.82) is 0 Å². The van der Waals surface area contributed by atoms with Gasteiger partial charge in [0.15, 0.2) is 0 Å². The van der Waals surface area contributed by atoms with Crippen molar-refractivity contribution in [2.45, 2.75) is 59.1 Å². The van der Waals surface area contributed by atoms with Gasteiger partial charge in [0.25, 0.3) is 0 Å². The van der Waals surface area contributed by atoms with Gasteiger partial charge in [-0.1, -0.05) is 80.1 Å². The SMILES string of the molecule is CCCN(CCC)C(=O)C1=CC(C(N)=O)=CC(C(N)=O)([C@H](Cc2cccc(C)c2)[C@@H](O)CNCc2ccccc2)C1. The molecule has 0 saturated carbocycles. The lowest BCUT2D eigenvalue weighted by Crippen LogP contribution is -2.52. The fourth-order valence-corrected chi connectivity index (χ4v) is 5.70. The molecule has 0 radical (unpaired) electrons. The number of hydrogen-bond donors (Lipinski definition) is 4. The molecule has 1 unspecified atom stereocenters. The van der Waals surface area contributed by atoms with Crippen LogP contribution in [-0.4, -0.2) is 53.5 Å². The zero-order valence-corrected chi connectivity index (χ0v) is 24.4. The number of nitrogens with one attached hydrogen (secondary N) is 1. The topological polar surface area (TPSA) is 139 Å². The van der Waals surface area contributed by atoms with Gasteiger partial charge in [-0.15, -0.1) is 0 Å². The number of benzene rings is 2. The molecule has 0 fully saturated rings. The zero-order valence-electron chi connectivity index (χ0n) is 24.4. The maximum absolute atomic E-state index is 13.7. The summed E-state index contributed by atoms with van der Waals surface area (Å²) in [5.41, 5.74) is 13.7. The van der Waals surface area contributed by atoms with Crippen LogP contribution in [0.4, 0.5) is 0 Å². The molecule has 0 bridgehead atoms. The average Bonchev–Trinajstić information content (AvgIpc) is 2.95. The Morgan fingerprint density at radius 2 is 1.66 bits per heavy atom. The highest BCUT2D eigenvalue weighted by Gasteiger charge is 2.49. The minimum Gasteiger partial charge on any atom is -0.391 e. The molecule has 3 rings (SSSR count). The third kappa shape index (κ3) is 8.15. The van der Waals surface area contributed by atoms with E-state index in [1.807, 2.05) is 75.4 Å². The lowest BCUT2D eigenvalue weighted by Gasteiger charge is -2.42. The molecule has 0 aromatic heterocycles.